The second-order valence-electron chi connectivity index (χ2n) is 6.82. The van der Waals surface area contributed by atoms with Crippen molar-refractivity contribution in [3.63, 3.8) is 0 Å². The number of nitrogens with zero attached hydrogens (tertiary/aromatic N) is 1. The largest absolute Gasteiger partial charge is 0.497 e. The van der Waals surface area contributed by atoms with Crippen molar-refractivity contribution < 1.29 is 14.3 Å². The Bertz CT molecular complexity index is 783. The number of hydrogen-bond donors (Lipinski definition) is 1. The van der Waals surface area contributed by atoms with E-state index in [2.05, 4.69) is 5.32 Å². The molecule has 2 amide bonds. The molecule has 0 heterocycles. The Labute approximate surface area is 177 Å². The second kappa shape index (κ2) is 12.2. The van der Waals surface area contributed by atoms with Gasteiger partial charge in [-0.15, -0.1) is 11.8 Å². The Kier molecular flexibility index (Phi) is 9.57. The van der Waals surface area contributed by atoms with Gasteiger partial charge in [0.15, 0.2) is 0 Å². The van der Waals surface area contributed by atoms with E-state index in [1.54, 1.807) is 30.7 Å². The number of carbonyl (C=O) groups is 2. The van der Waals surface area contributed by atoms with Gasteiger partial charge in [0.05, 0.1) is 12.9 Å². The van der Waals surface area contributed by atoms with Gasteiger partial charge >= 0.3 is 0 Å². The summed E-state index contributed by atoms with van der Waals surface area (Å²) in [4.78, 5) is 27.2. The van der Waals surface area contributed by atoms with Gasteiger partial charge in [-0.1, -0.05) is 49.4 Å². The highest BCUT2D eigenvalue weighted by atomic mass is 32.2. The topological polar surface area (TPSA) is 58.6 Å². The molecule has 0 radical (unpaired) electrons. The molecular weight excluding hydrogens is 384 g/mol. The van der Waals surface area contributed by atoms with Crippen molar-refractivity contribution in [1.29, 1.82) is 0 Å². The zero-order valence-electron chi connectivity index (χ0n) is 17.4. The maximum atomic E-state index is 13.0. The van der Waals surface area contributed by atoms with E-state index >= 15 is 0 Å². The summed E-state index contributed by atoms with van der Waals surface area (Å²) in [6, 6.07) is 17.1. The molecule has 0 aliphatic heterocycles. The minimum absolute atomic E-state index is 0.0482. The maximum absolute atomic E-state index is 13.0. The molecule has 6 heteroatoms. The highest BCUT2D eigenvalue weighted by Crippen LogP contribution is 2.18. The van der Waals surface area contributed by atoms with E-state index in [1.807, 2.05) is 61.5 Å². The summed E-state index contributed by atoms with van der Waals surface area (Å²) >= 11 is 1.56. The lowest BCUT2D eigenvalue weighted by Crippen LogP contribution is -2.48. The van der Waals surface area contributed by atoms with Crippen molar-refractivity contribution in [2.45, 2.75) is 38.6 Å². The molecule has 0 unspecified atom stereocenters. The summed E-state index contributed by atoms with van der Waals surface area (Å²) < 4.78 is 5.28. The molecule has 0 aromatic heterocycles. The third-order valence-electron chi connectivity index (χ3n) is 4.54. The molecule has 0 bridgehead atoms. The molecule has 2 aromatic rings. The molecule has 2 rings (SSSR count). The third-order valence-corrected chi connectivity index (χ3v) is 5.53. The molecule has 0 saturated heterocycles. The number of hydrogen-bond acceptors (Lipinski definition) is 4. The summed E-state index contributed by atoms with van der Waals surface area (Å²) in [7, 11) is 1.61. The van der Waals surface area contributed by atoms with Gasteiger partial charge in [0, 0.05) is 18.8 Å². The standard InChI is InChI=1S/C23H30N2O3S/c1-4-13-24-23(27)18(2)25(15-20-11-8-12-21(14-20)28-3)22(26)17-29-16-19-9-6-5-7-10-19/h5-12,14,18H,4,13,15-17H2,1-3H3,(H,24,27)/t18-/m1/s1. The molecule has 29 heavy (non-hydrogen) atoms. The van der Waals surface area contributed by atoms with E-state index in [-0.39, 0.29) is 11.8 Å². The Morgan fingerprint density at radius 1 is 1.10 bits per heavy atom. The molecule has 1 atom stereocenters. The zero-order chi connectivity index (χ0) is 21.1. The predicted molar refractivity (Wildman–Crippen MR) is 119 cm³/mol. The van der Waals surface area contributed by atoms with E-state index in [1.165, 1.54) is 5.56 Å². The second-order valence-corrected chi connectivity index (χ2v) is 7.80. The van der Waals surface area contributed by atoms with E-state index in [0.29, 0.717) is 18.8 Å². The van der Waals surface area contributed by atoms with E-state index in [9.17, 15) is 9.59 Å². The number of rotatable bonds is 11. The lowest BCUT2D eigenvalue weighted by molar-refractivity contribution is -0.138. The number of ether oxygens (including phenoxy) is 1. The smallest absolute Gasteiger partial charge is 0.242 e. The Balaban J connectivity index is 2.07. The normalized spacial score (nSPS) is 11.6. The lowest BCUT2D eigenvalue weighted by Gasteiger charge is -2.29. The molecule has 0 fully saturated rings. The monoisotopic (exact) mass is 414 g/mol. The van der Waals surface area contributed by atoms with Crippen molar-refractivity contribution >= 4 is 23.6 Å². The van der Waals surface area contributed by atoms with Crippen LogP contribution in [0.1, 0.15) is 31.4 Å². The zero-order valence-corrected chi connectivity index (χ0v) is 18.2. The average molecular weight is 415 g/mol. The van der Waals surface area contributed by atoms with Crippen LogP contribution in [0.25, 0.3) is 0 Å². The van der Waals surface area contributed by atoms with Crippen LogP contribution >= 0.6 is 11.8 Å². The Morgan fingerprint density at radius 2 is 1.83 bits per heavy atom. The Hall–Kier alpha value is -2.47. The van der Waals surface area contributed by atoms with Crippen LogP contribution in [-0.4, -0.2) is 42.2 Å². The van der Waals surface area contributed by atoms with Crippen LogP contribution in [0.4, 0.5) is 0 Å². The minimum atomic E-state index is -0.544. The van der Waals surface area contributed by atoms with Crippen molar-refractivity contribution in [2.75, 3.05) is 19.4 Å². The molecule has 156 valence electrons. The van der Waals surface area contributed by atoms with Crippen LogP contribution in [0, 0.1) is 0 Å². The molecule has 2 aromatic carbocycles. The quantitative estimate of drug-likeness (QED) is 0.606. The molecule has 0 saturated carbocycles. The molecule has 1 N–H and O–H groups in total. The summed E-state index contributed by atoms with van der Waals surface area (Å²) in [5.74, 6) is 1.64. The van der Waals surface area contributed by atoms with Gasteiger partial charge in [-0.05, 0) is 36.6 Å². The van der Waals surface area contributed by atoms with Gasteiger partial charge in [0.2, 0.25) is 11.8 Å². The van der Waals surface area contributed by atoms with Crippen LogP contribution in [0.5, 0.6) is 5.75 Å². The Morgan fingerprint density at radius 3 is 2.52 bits per heavy atom. The first-order valence-electron chi connectivity index (χ1n) is 9.87. The van der Waals surface area contributed by atoms with E-state index in [4.69, 9.17) is 4.74 Å². The van der Waals surface area contributed by atoms with Crippen LogP contribution in [0.3, 0.4) is 0 Å². The number of amides is 2. The van der Waals surface area contributed by atoms with Crippen LogP contribution in [0.2, 0.25) is 0 Å². The minimum Gasteiger partial charge on any atom is -0.497 e. The van der Waals surface area contributed by atoms with Crippen molar-refractivity contribution in [2.24, 2.45) is 0 Å². The highest BCUT2D eigenvalue weighted by Gasteiger charge is 2.25. The van der Waals surface area contributed by atoms with Gasteiger partial charge in [-0.2, -0.15) is 0 Å². The maximum Gasteiger partial charge on any atom is 0.242 e. The number of methoxy groups -OCH3 is 1. The first kappa shape index (κ1) is 22.8. The van der Waals surface area contributed by atoms with Crippen molar-refractivity contribution in [3.8, 4) is 5.75 Å². The molecule has 0 aliphatic rings. The predicted octanol–water partition coefficient (Wildman–Crippen LogP) is 3.87. The molecule has 0 spiro atoms. The fourth-order valence-electron chi connectivity index (χ4n) is 2.86. The first-order chi connectivity index (χ1) is 14.0. The summed E-state index contributed by atoms with van der Waals surface area (Å²) in [5.41, 5.74) is 2.11. The summed E-state index contributed by atoms with van der Waals surface area (Å²) in [5, 5.41) is 2.89. The van der Waals surface area contributed by atoms with Crippen LogP contribution in [-0.2, 0) is 21.9 Å². The molecular formula is C23H30N2O3S. The van der Waals surface area contributed by atoms with Gasteiger partial charge in [0.1, 0.15) is 11.8 Å². The van der Waals surface area contributed by atoms with Crippen molar-refractivity contribution in [3.05, 3.63) is 65.7 Å². The van der Waals surface area contributed by atoms with E-state index < -0.39 is 6.04 Å². The average Bonchev–Trinajstić information content (AvgIpc) is 2.76. The number of nitrogens with one attached hydrogen (secondary N) is 1. The van der Waals surface area contributed by atoms with Crippen LogP contribution in [0.15, 0.2) is 54.6 Å². The van der Waals surface area contributed by atoms with E-state index in [0.717, 1.165) is 23.5 Å². The lowest BCUT2D eigenvalue weighted by atomic mass is 10.1. The number of benzene rings is 2. The summed E-state index contributed by atoms with van der Waals surface area (Å²) in [6.45, 7) is 4.75. The summed E-state index contributed by atoms with van der Waals surface area (Å²) in [6.07, 6.45) is 0.856. The van der Waals surface area contributed by atoms with Gasteiger partial charge in [-0.25, -0.2) is 0 Å². The first-order valence-corrected chi connectivity index (χ1v) is 11.0. The SMILES string of the molecule is CCCNC(=O)[C@@H](C)N(Cc1cccc(OC)c1)C(=O)CSCc1ccccc1. The number of carbonyl (C=O) groups excluding carboxylic acids is 2. The van der Waals surface area contributed by atoms with Crippen LogP contribution < -0.4 is 10.1 Å². The van der Waals surface area contributed by atoms with Crippen molar-refractivity contribution in [1.82, 2.24) is 10.2 Å². The van der Waals surface area contributed by atoms with Gasteiger partial charge in [-0.3, -0.25) is 9.59 Å². The van der Waals surface area contributed by atoms with Gasteiger partial charge in [0.25, 0.3) is 0 Å². The highest BCUT2D eigenvalue weighted by molar-refractivity contribution is 7.99. The third kappa shape index (κ3) is 7.46. The van der Waals surface area contributed by atoms with Gasteiger partial charge < -0.3 is 15.0 Å². The fourth-order valence-corrected chi connectivity index (χ4v) is 3.73. The number of thioether (sulfide) groups is 1. The molecule has 5 nitrogen and oxygen atoms in total. The molecule has 0 aliphatic carbocycles. The fraction of sp³-hybridized carbons (Fsp3) is 0.391.